The van der Waals surface area contributed by atoms with Gasteiger partial charge in [-0.1, -0.05) is 30.3 Å². The van der Waals surface area contributed by atoms with Gasteiger partial charge in [-0.25, -0.2) is 8.42 Å². The minimum atomic E-state index is -3.14. The fourth-order valence-corrected chi connectivity index (χ4v) is 4.13. The third kappa shape index (κ3) is 3.32. The molecular formula is C19H24N2O2S. The largest absolute Gasteiger partial charge is 0.371 e. The summed E-state index contributed by atoms with van der Waals surface area (Å²) in [5.74, 6) is 0. The predicted molar refractivity (Wildman–Crippen MR) is 98.2 cm³/mol. The van der Waals surface area contributed by atoms with E-state index in [0.717, 1.165) is 31.6 Å². The Kier molecular flexibility index (Phi) is 4.65. The number of sulfone groups is 1. The van der Waals surface area contributed by atoms with E-state index >= 15 is 0 Å². The molecule has 128 valence electrons. The third-order valence-electron chi connectivity index (χ3n) is 5.13. The van der Waals surface area contributed by atoms with Gasteiger partial charge < -0.3 is 10.6 Å². The highest BCUT2D eigenvalue weighted by molar-refractivity contribution is 7.90. The fourth-order valence-electron chi connectivity index (χ4n) is 3.50. The van der Waals surface area contributed by atoms with Crippen molar-refractivity contribution in [2.75, 3.05) is 30.8 Å². The van der Waals surface area contributed by atoms with Gasteiger partial charge in [-0.05, 0) is 42.7 Å². The lowest BCUT2D eigenvalue weighted by Crippen LogP contribution is -2.46. The van der Waals surface area contributed by atoms with Crippen LogP contribution in [0, 0.1) is 0 Å². The van der Waals surface area contributed by atoms with Crippen molar-refractivity contribution in [3.8, 4) is 0 Å². The van der Waals surface area contributed by atoms with Crippen molar-refractivity contribution in [3.05, 3.63) is 60.2 Å². The van der Waals surface area contributed by atoms with Gasteiger partial charge in [-0.2, -0.15) is 0 Å². The molecule has 0 radical (unpaired) electrons. The molecule has 1 aliphatic rings. The van der Waals surface area contributed by atoms with E-state index in [1.54, 1.807) is 12.1 Å². The molecule has 1 heterocycles. The number of benzene rings is 2. The molecular weight excluding hydrogens is 320 g/mol. The molecule has 0 aromatic heterocycles. The van der Waals surface area contributed by atoms with Crippen LogP contribution in [0.5, 0.6) is 0 Å². The predicted octanol–water partition coefficient (Wildman–Crippen LogP) is 2.59. The number of nitrogens with two attached hydrogens (primary N) is 1. The maximum absolute atomic E-state index is 11.6. The lowest BCUT2D eigenvalue weighted by Gasteiger charge is -2.42. The van der Waals surface area contributed by atoms with Gasteiger partial charge >= 0.3 is 0 Å². The van der Waals surface area contributed by atoms with E-state index in [2.05, 4.69) is 29.2 Å². The van der Waals surface area contributed by atoms with Crippen molar-refractivity contribution >= 4 is 15.5 Å². The second-order valence-electron chi connectivity index (χ2n) is 6.60. The van der Waals surface area contributed by atoms with Crippen LogP contribution in [-0.4, -0.2) is 34.3 Å². The minimum Gasteiger partial charge on any atom is -0.371 e. The molecule has 5 heteroatoms. The zero-order valence-corrected chi connectivity index (χ0v) is 14.8. The fraction of sp³-hybridized carbons (Fsp3) is 0.368. The van der Waals surface area contributed by atoms with Crippen LogP contribution in [0.1, 0.15) is 18.4 Å². The molecule has 2 N–H and O–H groups in total. The van der Waals surface area contributed by atoms with Crippen molar-refractivity contribution in [1.82, 2.24) is 0 Å². The van der Waals surface area contributed by atoms with Crippen LogP contribution in [0.3, 0.4) is 0 Å². The maximum atomic E-state index is 11.6. The quantitative estimate of drug-likeness (QED) is 0.926. The summed E-state index contributed by atoms with van der Waals surface area (Å²) >= 11 is 0. The second-order valence-corrected chi connectivity index (χ2v) is 8.62. The molecule has 0 aliphatic carbocycles. The average Bonchev–Trinajstić information content (AvgIpc) is 2.62. The summed E-state index contributed by atoms with van der Waals surface area (Å²) in [5.41, 5.74) is 8.57. The molecule has 0 saturated carbocycles. The molecule has 1 fully saturated rings. The van der Waals surface area contributed by atoms with Gasteiger partial charge in [0, 0.05) is 37.0 Å². The van der Waals surface area contributed by atoms with Crippen molar-refractivity contribution < 1.29 is 8.42 Å². The van der Waals surface area contributed by atoms with E-state index in [0.29, 0.717) is 11.4 Å². The summed E-state index contributed by atoms with van der Waals surface area (Å²) in [5, 5.41) is 0. The molecule has 0 spiro atoms. The van der Waals surface area contributed by atoms with E-state index in [1.807, 2.05) is 18.2 Å². The van der Waals surface area contributed by atoms with E-state index in [9.17, 15) is 8.42 Å². The Bertz CT molecular complexity index is 778. The van der Waals surface area contributed by atoms with Crippen molar-refractivity contribution in [1.29, 1.82) is 0 Å². The lowest BCUT2D eigenvalue weighted by molar-refractivity contribution is 0.340. The topological polar surface area (TPSA) is 63.4 Å². The molecule has 0 unspecified atom stereocenters. The molecule has 3 rings (SSSR count). The van der Waals surface area contributed by atoms with Crippen LogP contribution in [0.25, 0.3) is 0 Å². The highest BCUT2D eigenvalue weighted by Crippen LogP contribution is 2.36. The molecule has 2 aromatic carbocycles. The summed E-state index contributed by atoms with van der Waals surface area (Å²) in [4.78, 5) is 2.67. The average molecular weight is 344 g/mol. The summed E-state index contributed by atoms with van der Waals surface area (Å²) in [7, 11) is -3.14. The molecule has 24 heavy (non-hydrogen) atoms. The molecule has 1 aliphatic heterocycles. The van der Waals surface area contributed by atoms with Crippen LogP contribution in [0.4, 0.5) is 5.69 Å². The Morgan fingerprint density at radius 2 is 1.58 bits per heavy atom. The van der Waals surface area contributed by atoms with Gasteiger partial charge in [0.05, 0.1) is 4.90 Å². The second kappa shape index (κ2) is 6.57. The Balaban J connectivity index is 1.75. The normalized spacial score (nSPS) is 17.7. The van der Waals surface area contributed by atoms with Crippen LogP contribution in [-0.2, 0) is 15.3 Å². The Morgan fingerprint density at radius 1 is 1.00 bits per heavy atom. The van der Waals surface area contributed by atoms with Crippen molar-refractivity contribution in [3.63, 3.8) is 0 Å². The summed E-state index contributed by atoms with van der Waals surface area (Å²) < 4.78 is 23.1. The lowest BCUT2D eigenvalue weighted by atomic mass is 9.73. The highest BCUT2D eigenvalue weighted by Gasteiger charge is 2.34. The van der Waals surface area contributed by atoms with Crippen molar-refractivity contribution in [2.45, 2.75) is 23.2 Å². The molecule has 0 atom stereocenters. The van der Waals surface area contributed by atoms with Crippen LogP contribution in [0.2, 0.25) is 0 Å². The monoisotopic (exact) mass is 344 g/mol. The van der Waals surface area contributed by atoms with Crippen LogP contribution in [0.15, 0.2) is 59.5 Å². The number of hydrogen-bond acceptors (Lipinski definition) is 4. The first-order valence-electron chi connectivity index (χ1n) is 8.25. The number of anilines is 1. The molecule has 0 amide bonds. The van der Waals surface area contributed by atoms with Gasteiger partial charge in [0.2, 0.25) is 0 Å². The van der Waals surface area contributed by atoms with E-state index in [-0.39, 0.29) is 5.41 Å². The van der Waals surface area contributed by atoms with Gasteiger partial charge in [-0.15, -0.1) is 0 Å². The van der Waals surface area contributed by atoms with E-state index in [1.165, 1.54) is 11.8 Å². The minimum absolute atomic E-state index is 0.0461. The highest BCUT2D eigenvalue weighted by atomic mass is 32.2. The summed E-state index contributed by atoms with van der Waals surface area (Å²) in [6.45, 7) is 2.49. The van der Waals surface area contributed by atoms with Crippen molar-refractivity contribution in [2.24, 2.45) is 5.73 Å². The number of nitrogens with zero attached hydrogens (tertiary/aromatic N) is 1. The first-order valence-corrected chi connectivity index (χ1v) is 10.1. The van der Waals surface area contributed by atoms with Crippen LogP contribution < -0.4 is 10.6 Å². The maximum Gasteiger partial charge on any atom is 0.175 e. The summed E-state index contributed by atoms with van der Waals surface area (Å²) in [6.07, 6.45) is 3.24. The van der Waals surface area contributed by atoms with E-state index < -0.39 is 9.84 Å². The van der Waals surface area contributed by atoms with Gasteiger partial charge in [0.1, 0.15) is 0 Å². The zero-order valence-electron chi connectivity index (χ0n) is 14.0. The SMILES string of the molecule is CS(=O)(=O)c1ccc(N2CCC(CN)(c3ccccc3)CC2)cc1. The first kappa shape index (κ1) is 17.0. The Hall–Kier alpha value is -1.85. The molecule has 0 bridgehead atoms. The van der Waals surface area contributed by atoms with Gasteiger partial charge in [-0.3, -0.25) is 0 Å². The third-order valence-corrected chi connectivity index (χ3v) is 6.26. The number of hydrogen-bond donors (Lipinski definition) is 1. The number of rotatable bonds is 4. The van der Waals surface area contributed by atoms with Gasteiger partial charge in [0.25, 0.3) is 0 Å². The molecule has 2 aromatic rings. The Morgan fingerprint density at radius 3 is 2.08 bits per heavy atom. The first-order chi connectivity index (χ1) is 11.4. The van der Waals surface area contributed by atoms with Crippen LogP contribution >= 0.6 is 0 Å². The molecule has 4 nitrogen and oxygen atoms in total. The Labute approximate surface area is 144 Å². The number of piperidine rings is 1. The zero-order chi connectivity index (χ0) is 17.2. The molecule has 1 saturated heterocycles. The van der Waals surface area contributed by atoms with E-state index in [4.69, 9.17) is 5.73 Å². The summed E-state index contributed by atoms with van der Waals surface area (Å²) in [6, 6.07) is 17.7. The van der Waals surface area contributed by atoms with Gasteiger partial charge in [0.15, 0.2) is 9.84 Å². The standard InChI is InChI=1S/C19H24N2O2S/c1-24(22,23)18-9-7-17(8-10-18)21-13-11-19(15-20,12-14-21)16-5-3-2-4-6-16/h2-10H,11-15,20H2,1H3. The smallest absolute Gasteiger partial charge is 0.175 e.